The molecule has 0 radical (unpaired) electrons. The fourth-order valence-electron chi connectivity index (χ4n) is 2.27. The van der Waals surface area contributed by atoms with Gasteiger partial charge in [-0.2, -0.15) is 5.06 Å². The van der Waals surface area contributed by atoms with Crippen LogP contribution in [0, 0.1) is 5.41 Å². The molecular formula is C16H24ClNO2. The summed E-state index contributed by atoms with van der Waals surface area (Å²) in [5.41, 5.74) is 1.05. The Morgan fingerprint density at radius 2 is 2.15 bits per heavy atom. The minimum Gasteiger partial charge on any atom is -0.347 e. The largest absolute Gasteiger partial charge is 0.347 e. The van der Waals surface area contributed by atoms with E-state index in [0.29, 0.717) is 6.54 Å². The van der Waals surface area contributed by atoms with Crippen LogP contribution in [0.3, 0.4) is 0 Å². The van der Waals surface area contributed by atoms with E-state index in [1.165, 1.54) is 0 Å². The highest BCUT2D eigenvalue weighted by molar-refractivity contribution is 6.31. The standard InChI is InChI=1S/C16H24ClNO2/c1-5-12(2)19-15-16(3,4)11-18(20-15)10-13-8-6-7-9-14(13)17/h6-9,12,15H,5,10-11H2,1-4H3. The number of ether oxygens (including phenoxy) is 1. The first-order valence-corrected chi connectivity index (χ1v) is 7.60. The lowest BCUT2D eigenvalue weighted by Crippen LogP contribution is -2.32. The van der Waals surface area contributed by atoms with Crippen molar-refractivity contribution in [2.75, 3.05) is 6.54 Å². The van der Waals surface area contributed by atoms with Gasteiger partial charge in [-0.1, -0.05) is 50.6 Å². The van der Waals surface area contributed by atoms with Gasteiger partial charge < -0.3 is 4.74 Å². The van der Waals surface area contributed by atoms with Gasteiger partial charge in [0.25, 0.3) is 0 Å². The molecule has 112 valence electrons. The van der Waals surface area contributed by atoms with Gasteiger partial charge in [-0.25, -0.2) is 0 Å². The van der Waals surface area contributed by atoms with Crippen molar-refractivity contribution in [3.63, 3.8) is 0 Å². The third-order valence-electron chi connectivity index (χ3n) is 3.70. The minimum atomic E-state index is -0.195. The Bertz CT molecular complexity index is 450. The second kappa shape index (κ2) is 6.44. The molecule has 0 amide bonds. The summed E-state index contributed by atoms with van der Waals surface area (Å²) in [5.74, 6) is 0. The maximum Gasteiger partial charge on any atom is 0.184 e. The summed E-state index contributed by atoms with van der Waals surface area (Å²) in [5, 5.41) is 2.73. The predicted octanol–water partition coefficient (Wildman–Crippen LogP) is 4.25. The van der Waals surface area contributed by atoms with Crippen molar-refractivity contribution in [1.82, 2.24) is 5.06 Å². The van der Waals surface area contributed by atoms with Crippen molar-refractivity contribution in [3.05, 3.63) is 34.9 Å². The Labute approximate surface area is 126 Å². The molecule has 1 fully saturated rings. The number of nitrogens with zero attached hydrogens (tertiary/aromatic N) is 1. The highest BCUT2D eigenvalue weighted by Gasteiger charge is 2.42. The first-order valence-electron chi connectivity index (χ1n) is 7.23. The van der Waals surface area contributed by atoms with Crippen LogP contribution in [0.1, 0.15) is 39.7 Å². The van der Waals surface area contributed by atoms with E-state index in [-0.39, 0.29) is 17.8 Å². The normalized spacial score (nSPS) is 23.9. The molecule has 0 aromatic heterocycles. The molecule has 0 N–H and O–H groups in total. The summed E-state index contributed by atoms with van der Waals surface area (Å²) in [4.78, 5) is 5.96. The first-order chi connectivity index (χ1) is 9.42. The van der Waals surface area contributed by atoms with Crippen LogP contribution in [0.4, 0.5) is 0 Å². The molecule has 2 unspecified atom stereocenters. The Kier molecular flexibility index (Phi) is 5.08. The molecule has 0 aliphatic carbocycles. The molecule has 1 saturated heterocycles. The van der Waals surface area contributed by atoms with E-state index in [1.54, 1.807) is 0 Å². The lowest BCUT2D eigenvalue weighted by molar-refractivity contribution is -0.262. The van der Waals surface area contributed by atoms with Crippen LogP contribution >= 0.6 is 11.6 Å². The van der Waals surface area contributed by atoms with Crippen molar-refractivity contribution in [2.45, 2.75) is 53.1 Å². The van der Waals surface area contributed by atoms with Gasteiger partial charge >= 0.3 is 0 Å². The van der Waals surface area contributed by atoms with E-state index in [4.69, 9.17) is 21.2 Å². The van der Waals surface area contributed by atoms with Crippen LogP contribution < -0.4 is 0 Å². The third kappa shape index (κ3) is 3.73. The topological polar surface area (TPSA) is 21.7 Å². The summed E-state index contributed by atoms with van der Waals surface area (Å²) >= 11 is 6.20. The predicted molar refractivity (Wildman–Crippen MR) is 81.4 cm³/mol. The molecule has 20 heavy (non-hydrogen) atoms. The number of benzene rings is 1. The lowest BCUT2D eigenvalue weighted by atomic mass is 9.93. The van der Waals surface area contributed by atoms with Crippen LogP contribution in [-0.2, 0) is 16.1 Å². The lowest BCUT2D eigenvalue weighted by Gasteiger charge is -2.26. The number of hydrogen-bond donors (Lipinski definition) is 0. The third-order valence-corrected chi connectivity index (χ3v) is 4.07. The van der Waals surface area contributed by atoms with Crippen LogP contribution in [0.25, 0.3) is 0 Å². The van der Waals surface area contributed by atoms with E-state index in [0.717, 1.165) is 23.6 Å². The molecule has 2 atom stereocenters. The van der Waals surface area contributed by atoms with Crippen molar-refractivity contribution in [1.29, 1.82) is 0 Å². The van der Waals surface area contributed by atoms with Gasteiger partial charge in [0.1, 0.15) is 0 Å². The van der Waals surface area contributed by atoms with Gasteiger partial charge in [0, 0.05) is 17.0 Å². The highest BCUT2D eigenvalue weighted by Crippen LogP contribution is 2.35. The Hall–Kier alpha value is -0.610. The molecular weight excluding hydrogens is 274 g/mol. The number of halogens is 1. The zero-order valence-corrected chi connectivity index (χ0v) is 13.5. The molecule has 0 saturated carbocycles. The maximum atomic E-state index is 6.20. The summed E-state index contributed by atoms with van der Waals surface area (Å²) < 4.78 is 5.98. The average molecular weight is 298 g/mol. The van der Waals surface area contributed by atoms with Crippen LogP contribution in [0.2, 0.25) is 5.02 Å². The van der Waals surface area contributed by atoms with Crippen molar-refractivity contribution < 1.29 is 9.57 Å². The maximum absolute atomic E-state index is 6.20. The number of hydrogen-bond acceptors (Lipinski definition) is 3. The molecule has 0 spiro atoms. The molecule has 1 aliphatic rings. The molecule has 1 aliphatic heterocycles. The monoisotopic (exact) mass is 297 g/mol. The molecule has 3 nitrogen and oxygen atoms in total. The van der Waals surface area contributed by atoms with Gasteiger partial charge in [-0.15, -0.1) is 0 Å². The Morgan fingerprint density at radius 3 is 2.80 bits per heavy atom. The van der Waals surface area contributed by atoms with Gasteiger partial charge in [-0.05, 0) is 25.0 Å². The van der Waals surface area contributed by atoms with Crippen molar-refractivity contribution in [2.24, 2.45) is 5.41 Å². The van der Waals surface area contributed by atoms with Gasteiger partial charge in [0.2, 0.25) is 0 Å². The van der Waals surface area contributed by atoms with Crippen LogP contribution in [0.15, 0.2) is 24.3 Å². The molecule has 2 rings (SSSR count). The van der Waals surface area contributed by atoms with E-state index in [9.17, 15) is 0 Å². The Morgan fingerprint density at radius 1 is 1.45 bits per heavy atom. The molecule has 0 bridgehead atoms. The molecule has 1 aromatic carbocycles. The van der Waals surface area contributed by atoms with Crippen LogP contribution in [0.5, 0.6) is 0 Å². The SMILES string of the molecule is CCC(C)OC1ON(Cc2ccccc2Cl)CC1(C)C. The highest BCUT2D eigenvalue weighted by atomic mass is 35.5. The van der Waals surface area contributed by atoms with E-state index < -0.39 is 0 Å². The number of rotatable bonds is 5. The first kappa shape index (κ1) is 15.8. The zero-order valence-electron chi connectivity index (χ0n) is 12.7. The van der Waals surface area contributed by atoms with Crippen molar-refractivity contribution >= 4 is 11.6 Å². The average Bonchev–Trinajstić information content (AvgIpc) is 2.66. The van der Waals surface area contributed by atoms with Crippen molar-refractivity contribution in [3.8, 4) is 0 Å². The number of hydroxylamine groups is 2. The van der Waals surface area contributed by atoms with Gasteiger partial charge in [-0.3, -0.25) is 4.84 Å². The molecule has 4 heteroatoms. The van der Waals surface area contributed by atoms with Gasteiger partial charge in [0.15, 0.2) is 6.29 Å². The van der Waals surface area contributed by atoms with E-state index in [1.807, 2.05) is 29.3 Å². The summed E-state index contributed by atoms with van der Waals surface area (Å²) in [6.07, 6.45) is 1.000. The summed E-state index contributed by atoms with van der Waals surface area (Å²) in [6, 6.07) is 7.87. The summed E-state index contributed by atoms with van der Waals surface area (Å²) in [7, 11) is 0. The molecule has 1 heterocycles. The summed E-state index contributed by atoms with van der Waals surface area (Å²) in [6.45, 7) is 10.1. The second-order valence-corrected chi connectivity index (χ2v) is 6.58. The fourth-order valence-corrected chi connectivity index (χ4v) is 2.47. The van der Waals surface area contributed by atoms with E-state index in [2.05, 4.69) is 27.7 Å². The molecule has 1 aromatic rings. The van der Waals surface area contributed by atoms with Crippen LogP contribution in [-0.4, -0.2) is 24.0 Å². The zero-order chi connectivity index (χ0) is 14.8. The van der Waals surface area contributed by atoms with E-state index >= 15 is 0 Å². The smallest absolute Gasteiger partial charge is 0.184 e. The quantitative estimate of drug-likeness (QED) is 0.811. The fraction of sp³-hybridized carbons (Fsp3) is 0.625. The second-order valence-electron chi connectivity index (χ2n) is 6.17. The van der Waals surface area contributed by atoms with Gasteiger partial charge in [0.05, 0.1) is 12.6 Å². The minimum absolute atomic E-state index is 0.0231. The Balaban J connectivity index is 2.01.